The Balaban J connectivity index is 1.89. The molecule has 3 heteroatoms. The predicted octanol–water partition coefficient (Wildman–Crippen LogP) is 2.63. The van der Waals surface area contributed by atoms with Crippen LogP contribution in [0.15, 0.2) is 24.4 Å². The van der Waals surface area contributed by atoms with Crippen molar-refractivity contribution in [2.75, 3.05) is 6.54 Å². The average molecular weight is 229 g/mol. The molecule has 0 unspecified atom stereocenters. The van der Waals surface area contributed by atoms with Gasteiger partial charge in [-0.1, -0.05) is 13.0 Å². The summed E-state index contributed by atoms with van der Waals surface area (Å²) in [4.78, 5) is 0. The Morgan fingerprint density at radius 2 is 2.24 bits per heavy atom. The monoisotopic (exact) mass is 229 g/mol. The first-order valence-electron chi connectivity index (χ1n) is 6.39. The summed E-state index contributed by atoms with van der Waals surface area (Å²) < 4.78 is 1.88. The zero-order chi connectivity index (χ0) is 11.8. The van der Waals surface area contributed by atoms with E-state index in [1.807, 2.05) is 11.7 Å². The number of nitrogens with zero attached hydrogens (tertiary/aromatic N) is 2. The van der Waals surface area contributed by atoms with Gasteiger partial charge in [0.2, 0.25) is 0 Å². The molecule has 0 bridgehead atoms. The number of benzene rings is 1. The Hall–Kier alpha value is -1.35. The Morgan fingerprint density at radius 3 is 3.00 bits per heavy atom. The largest absolute Gasteiger partial charge is 0.310 e. The van der Waals surface area contributed by atoms with E-state index in [0.29, 0.717) is 6.04 Å². The van der Waals surface area contributed by atoms with Crippen molar-refractivity contribution in [2.45, 2.75) is 25.8 Å². The minimum atomic E-state index is 0.524. The molecule has 0 spiro atoms. The highest BCUT2D eigenvalue weighted by Crippen LogP contribution is 2.27. The molecule has 1 N–H and O–H groups in total. The van der Waals surface area contributed by atoms with E-state index in [1.165, 1.54) is 23.8 Å². The van der Waals surface area contributed by atoms with Crippen LogP contribution in [0.5, 0.6) is 0 Å². The lowest BCUT2D eigenvalue weighted by molar-refractivity contribution is 0.333. The molecule has 1 fully saturated rings. The van der Waals surface area contributed by atoms with Crippen LogP contribution in [0.25, 0.3) is 10.9 Å². The van der Waals surface area contributed by atoms with Crippen LogP contribution >= 0.6 is 0 Å². The van der Waals surface area contributed by atoms with E-state index in [0.717, 1.165) is 18.0 Å². The highest BCUT2D eigenvalue weighted by molar-refractivity contribution is 5.78. The van der Waals surface area contributed by atoms with Crippen molar-refractivity contribution < 1.29 is 0 Å². The maximum absolute atomic E-state index is 4.41. The van der Waals surface area contributed by atoms with E-state index in [-0.39, 0.29) is 0 Å². The summed E-state index contributed by atoms with van der Waals surface area (Å²) in [5.74, 6) is 0.813. The van der Waals surface area contributed by atoms with Gasteiger partial charge >= 0.3 is 0 Å². The summed E-state index contributed by atoms with van der Waals surface area (Å²) in [5, 5.41) is 9.28. The van der Waals surface area contributed by atoms with Gasteiger partial charge in [-0.3, -0.25) is 4.68 Å². The Labute approximate surface area is 102 Å². The fraction of sp³-hybridized carbons (Fsp3) is 0.500. The first-order valence-corrected chi connectivity index (χ1v) is 6.39. The lowest BCUT2D eigenvalue weighted by Gasteiger charge is -2.28. The van der Waals surface area contributed by atoms with Gasteiger partial charge in [-0.05, 0) is 43.0 Å². The second kappa shape index (κ2) is 4.15. The summed E-state index contributed by atoms with van der Waals surface area (Å²) in [6.45, 7) is 3.45. The summed E-state index contributed by atoms with van der Waals surface area (Å²) in [6.07, 6.45) is 4.65. The fourth-order valence-corrected chi connectivity index (χ4v) is 2.67. The molecule has 90 valence electrons. The summed E-state index contributed by atoms with van der Waals surface area (Å²) in [5.41, 5.74) is 2.48. The predicted molar refractivity (Wildman–Crippen MR) is 69.9 cm³/mol. The van der Waals surface area contributed by atoms with Gasteiger partial charge < -0.3 is 5.32 Å². The minimum absolute atomic E-state index is 0.524. The maximum atomic E-state index is 4.41. The normalized spacial score (nSPS) is 25.3. The maximum Gasteiger partial charge on any atom is 0.0923 e. The molecule has 1 aliphatic rings. The van der Waals surface area contributed by atoms with E-state index in [9.17, 15) is 0 Å². The first kappa shape index (κ1) is 10.8. The smallest absolute Gasteiger partial charge is 0.0923 e. The third kappa shape index (κ3) is 2.07. The van der Waals surface area contributed by atoms with Crippen LogP contribution in [0.4, 0.5) is 0 Å². The van der Waals surface area contributed by atoms with Crippen molar-refractivity contribution in [2.24, 2.45) is 13.0 Å². The minimum Gasteiger partial charge on any atom is -0.310 e. The molecule has 2 aromatic rings. The highest BCUT2D eigenvalue weighted by atomic mass is 15.2. The van der Waals surface area contributed by atoms with Crippen LogP contribution in [0.2, 0.25) is 0 Å². The van der Waals surface area contributed by atoms with E-state index in [1.54, 1.807) is 0 Å². The topological polar surface area (TPSA) is 29.9 Å². The fourth-order valence-electron chi connectivity index (χ4n) is 2.67. The first-order chi connectivity index (χ1) is 8.22. The molecular weight excluding hydrogens is 210 g/mol. The van der Waals surface area contributed by atoms with Crippen molar-refractivity contribution >= 4 is 10.9 Å². The van der Waals surface area contributed by atoms with E-state index in [4.69, 9.17) is 0 Å². The van der Waals surface area contributed by atoms with Crippen LogP contribution in [0.1, 0.15) is 31.4 Å². The van der Waals surface area contributed by atoms with Gasteiger partial charge in [0.1, 0.15) is 0 Å². The molecule has 2 atom stereocenters. The van der Waals surface area contributed by atoms with Crippen LogP contribution in [0, 0.1) is 5.92 Å². The molecule has 3 nitrogen and oxygen atoms in total. The van der Waals surface area contributed by atoms with Crippen molar-refractivity contribution in [3.8, 4) is 0 Å². The molecule has 1 saturated heterocycles. The molecule has 0 amide bonds. The van der Waals surface area contributed by atoms with Crippen LogP contribution < -0.4 is 5.32 Å². The third-order valence-electron chi connectivity index (χ3n) is 3.71. The molecule has 17 heavy (non-hydrogen) atoms. The second-order valence-electron chi connectivity index (χ2n) is 5.26. The standard InChI is InChI=1S/C14H19N3/c1-10-3-5-13(15-8-10)11-4-6-14-12(7-11)9-17(2)16-14/h4,6-7,9-10,13,15H,3,5,8H2,1-2H3/t10-,13+/m1/s1. The molecule has 1 aliphatic heterocycles. The van der Waals surface area contributed by atoms with Gasteiger partial charge in [-0.15, -0.1) is 0 Å². The molecule has 0 saturated carbocycles. The molecule has 0 radical (unpaired) electrons. The number of fused-ring (bicyclic) bond motifs is 1. The lowest BCUT2D eigenvalue weighted by Crippen LogP contribution is -2.31. The van der Waals surface area contributed by atoms with Gasteiger partial charge in [0.15, 0.2) is 0 Å². The second-order valence-corrected chi connectivity index (χ2v) is 5.26. The van der Waals surface area contributed by atoms with Crippen molar-refractivity contribution in [3.05, 3.63) is 30.0 Å². The van der Waals surface area contributed by atoms with Gasteiger partial charge in [0.05, 0.1) is 5.52 Å². The van der Waals surface area contributed by atoms with Crippen LogP contribution in [-0.2, 0) is 7.05 Å². The van der Waals surface area contributed by atoms with E-state index in [2.05, 4.69) is 41.7 Å². The number of aromatic nitrogens is 2. The molecular formula is C14H19N3. The molecule has 2 heterocycles. The number of hydrogen-bond acceptors (Lipinski definition) is 2. The summed E-state index contributed by atoms with van der Waals surface area (Å²) in [6, 6.07) is 7.14. The lowest BCUT2D eigenvalue weighted by atomic mass is 9.92. The molecule has 1 aromatic heterocycles. The zero-order valence-corrected chi connectivity index (χ0v) is 10.5. The van der Waals surface area contributed by atoms with Crippen molar-refractivity contribution in [1.82, 2.24) is 15.1 Å². The average Bonchev–Trinajstić information content (AvgIpc) is 2.69. The Kier molecular flexibility index (Phi) is 2.63. The Morgan fingerprint density at radius 1 is 1.35 bits per heavy atom. The quantitative estimate of drug-likeness (QED) is 0.814. The number of aryl methyl sites for hydroxylation is 1. The van der Waals surface area contributed by atoms with Gasteiger partial charge in [0.25, 0.3) is 0 Å². The number of piperidine rings is 1. The van der Waals surface area contributed by atoms with Crippen LogP contribution in [-0.4, -0.2) is 16.3 Å². The molecule has 3 rings (SSSR count). The SMILES string of the molecule is C[C@@H]1CC[C@@H](c2ccc3nn(C)cc3c2)NC1. The van der Waals surface area contributed by atoms with Crippen molar-refractivity contribution in [3.63, 3.8) is 0 Å². The van der Waals surface area contributed by atoms with E-state index >= 15 is 0 Å². The zero-order valence-electron chi connectivity index (χ0n) is 10.5. The molecule has 0 aliphatic carbocycles. The summed E-state index contributed by atoms with van der Waals surface area (Å²) in [7, 11) is 1.97. The van der Waals surface area contributed by atoms with Crippen molar-refractivity contribution in [1.29, 1.82) is 0 Å². The van der Waals surface area contributed by atoms with Gasteiger partial charge in [0, 0.05) is 24.7 Å². The highest BCUT2D eigenvalue weighted by Gasteiger charge is 2.19. The number of rotatable bonds is 1. The summed E-state index contributed by atoms with van der Waals surface area (Å²) >= 11 is 0. The van der Waals surface area contributed by atoms with Crippen LogP contribution in [0.3, 0.4) is 0 Å². The van der Waals surface area contributed by atoms with Gasteiger partial charge in [-0.2, -0.15) is 5.10 Å². The molecule has 1 aromatic carbocycles. The number of nitrogens with one attached hydrogen (secondary N) is 1. The number of hydrogen-bond donors (Lipinski definition) is 1. The van der Waals surface area contributed by atoms with E-state index < -0.39 is 0 Å². The third-order valence-corrected chi connectivity index (χ3v) is 3.71. The Bertz CT molecular complexity index is 521. The van der Waals surface area contributed by atoms with Gasteiger partial charge in [-0.25, -0.2) is 0 Å².